The molecular formula is C13H10Cl2N4S. The summed E-state index contributed by atoms with van der Waals surface area (Å²) in [5.74, 6) is 1.30. The molecule has 3 rings (SSSR count). The lowest BCUT2D eigenvalue weighted by Crippen LogP contribution is -1.98. The molecule has 0 aliphatic carbocycles. The first-order valence-electron chi connectivity index (χ1n) is 5.86. The van der Waals surface area contributed by atoms with Gasteiger partial charge in [-0.1, -0.05) is 29.3 Å². The molecule has 0 N–H and O–H groups in total. The van der Waals surface area contributed by atoms with Crippen LogP contribution < -0.4 is 0 Å². The van der Waals surface area contributed by atoms with Crippen molar-refractivity contribution >= 4 is 46.0 Å². The Balaban J connectivity index is 1.86. The largest absolute Gasteiger partial charge is 0.250 e. The number of halogens is 2. The monoisotopic (exact) mass is 324 g/mol. The zero-order valence-corrected chi connectivity index (χ0v) is 12.9. The van der Waals surface area contributed by atoms with E-state index in [0.29, 0.717) is 16.7 Å². The van der Waals surface area contributed by atoms with Crippen LogP contribution in [0.5, 0.6) is 0 Å². The van der Waals surface area contributed by atoms with Crippen LogP contribution in [0.25, 0.3) is 11.0 Å². The van der Waals surface area contributed by atoms with Gasteiger partial charge in [-0.3, -0.25) is 4.68 Å². The number of aromatic nitrogens is 4. The number of fused-ring (bicyclic) bond motifs is 1. The van der Waals surface area contributed by atoms with Gasteiger partial charge in [-0.25, -0.2) is 9.97 Å². The molecule has 0 bridgehead atoms. The van der Waals surface area contributed by atoms with E-state index in [1.807, 2.05) is 31.3 Å². The van der Waals surface area contributed by atoms with Gasteiger partial charge in [0.15, 0.2) is 5.65 Å². The minimum absolute atomic E-state index is 0.435. The number of thioether (sulfide) groups is 1. The first-order chi connectivity index (χ1) is 9.63. The number of aryl methyl sites for hydroxylation is 1. The van der Waals surface area contributed by atoms with Crippen molar-refractivity contribution in [2.24, 2.45) is 7.05 Å². The smallest absolute Gasteiger partial charge is 0.162 e. The molecule has 3 aromatic rings. The van der Waals surface area contributed by atoms with Crippen LogP contribution in [0.3, 0.4) is 0 Å². The van der Waals surface area contributed by atoms with E-state index in [2.05, 4.69) is 15.1 Å². The predicted octanol–water partition coefficient (Wildman–Crippen LogP) is 3.96. The van der Waals surface area contributed by atoms with Gasteiger partial charge in [-0.15, -0.1) is 11.8 Å². The molecular weight excluding hydrogens is 315 g/mol. The lowest BCUT2D eigenvalue weighted by atomic mass is 10.4. The van der Waals surface area contributed by atoms with Gasteiger partial charge in [0.25, 0.3) is 0 Å². The van der Waals surface area contributed by atoms with Gasteiger partial charge in [0.05, 0.1) is 17.3 Å². The molecule has 7 heteroatoms. The number of nitrogens with zero attached hydrogens (tertiary/aromatic N) is 4. The molecule has 0 aliphatic rings. The molecule has 4 nitrogen and oxygen atoms in total. The fourth-order valence-electron chi connectivity index (χ4n) is 1.80. The maximum absolute atomic E-state index is 6.15. The van der Waals surface area contributed by atoms with E-state index in [1.165, 1.54) is 0 Å². The lowest BCUT2D eigenvalue weighted by molar-refractivity contribution is 0.782. The quantitative estimate of drug-likeness (QED) is 0.540. The summed E-state index contributed by atoms with van der Waals surface area (Å²) in [6.07, 6.45) is 1.67. The van der Waals surface area contributed by atoms with Crippen molar-refractivity contribution in [1.82, 2.24) is 19.7 Å². The zero-order valence-electron chi connectivity index (χ0n) is 10.5. The Labute approximate surface area is 130 Å². The van der Waals surface area contributed by atoms with Crippen molar-refractivity contribution in [2.45, 2.75) is 10.6 Å². The van der Waals surface area contributed by atoms with E-state index in [1.54, 1.807) is 22.6 Å². The highest BCUT2D eigenvalue weighted by Gasteiger charge is 2.10. The molecule has 0 spiro atoms. The summed E-state index contributed by atoms with van der Waals surface area (Å²) in [4.78, 5) is 9.86. The Bertz CT molecular complexity index is 772. The molecule has 1 aromatic carbocycles. The second kappa shape index (κ2) is 5.60. The molecule has 102 valence electrons. The molecule has 0 amide bonds. The van der Waals surface area contributed by atoms with Gasteiger partial charge in [-0.05, 0) is 18.2 Å². The summed E-state index contributed by atoms with van der Waals surface area (Å²) >= 11 is 13.7. The molecule has 0 fully saturated rings. The van der Waals surface area contributed by atoms with Crippen molar-refractivity contribution in [2.75, 3.05) is 0 Å². The minimum Gasteiger partial charge on any atom is -0.250 e. The first-order valence-corrected chi connectivity index (χ1v) is 7.60. The molecule has 0 atom stereocenters. The van der Waals surface area contributed by atoms with E-state index < -0.39 is 0 Å². The second-order valence-corrected chi connectivity index (χ2v) is 6.03. The number of benzene rings is 1. The minimum atomic E-state index is 0.435. The number of hydrogen-bond donors (Lipinski definition) is 0. The van der Waals surface area contributed by atoms with Gasteiger partial charge >= 0.3 is 0 Å². The molecule has 0 saturated heterocycles. The van der Waals surface area contributed by atoms with E-state index >= 15 is 0 Å². The van der Waals surface area contributed by atoms with E-state index in [9.17, 15) is 0 Å². The third kappa shape index (κ3) is 2.75. The normalized spacial score (nSPS) is 11.2. The standard InChI is InChI=1S/C13H10Cl2N4S/c1-19-13-10(6-16-19)12(15)17-11(18-13)7-20-9-4-2-3-8(14)5-9/h2-6H,7H2,1H3. The van der Waals surface area contributed by atoms with Crippen molar-refractivity contribution in [3.63, 3.8) is 0 Å². The Hall–Kier alpha value is -1.30. The summed E-state index contributed by atoms with van der Waals surface area (Å²) in [5.41, 5.74) is 0.742. The fourth-order valence-corrected chi connectivity index (χ4v) is 3.09. The molecule has 2 aromatic heterocycles. The summed E-state index contributed by atoms with van der Waals surface area (Å²) in [6.45, 7) is 0. The summed E-state index contributed by atoms with van der Waals surface area (Å²) < 4.78 is 1.69. The molecule has 20 heavy (non-hydrogen) atoms. The SMILES string of the molecule is Cn1ncc2c(Cl)nc(CSc3cccc(Cl)c3)nc21. The van der Waals surface area contributed by atoms with Crippen molar-refractivity contribution < 1.29 is 0 Å². The van der Waals surface area contributed by atoms with Gasteiger partial charge in [-0.2, -0.15) is 5.10 Å². The van der Waals surface area contributed by atoms with E-state index in [-0.39, 0.29) is 0 Å². The van der Waals surface area contributed by atoms with E-state index in [0.717, 1.165) is 21.0 Å². The van der Waals surface area contributed by atoms with Crippen molar-refractivity contribution in [3.8, 4) is 0 Å². The van der Waals surface area contributed by atoms with Crippen LogP contribution in [0.15, 0.2) is 35.4 Å². The average Bonchev–Trinajstić information content (AvgIpc) is 2.79. The lowest BCUT2D eigenvalue weighted by Gasteiger charge is -2.03. The van der Waals surface area contributed by atoms with Gasteiger partial charge in [0.1, 0.15) is 11.0 Å². The number of hydrogen-bond acceptors (Lipinski definition) is 4. The van der Waals surface area contributed by atoms with Crippen LogP contribution in [0, 0.1) is 0 Å². The Morgan fingerprint density at radius 3 is 2.90 bits per heavy atom. The van der Waals surface area contributed by atoms with Crippen LogP contribution in [0.2, 0.25) is 10.2 Å². The second-order valence-electron chi connectivity index (χ2n) is 4.18. The third-order valence-electron chi connectivity index (χ3n) is 2.76. The first kappa shape index (κ1) is 13.7. The highest BCUT2D eigenvalue weighted by atomic mass is 35.5. The molecule has 2 heterocycles. The molecule has 0 radical (unpaired) electrons. The van der Waals surface area contributed by atoms with Crippen molar-refractivity contribution in [3.05, 3.63) is 46.5 Å². The van der Waals surface area contributed by atoms with Crippen LogP contribution in [0.1, 0.15) is 5.82 Å². The Morgan fingerprint density at radius 1 is 1.25 bits per heavy atom. The highest BCUT2D eigenvalue weighted by Crippen LogP contribution is 2.26. The highest BCUT2D eigenvalue weighted by molar-refractivity contribution is 7.98. The van der Waals surface area contributed by atoms with Crippen LogP contribution >= 0.6 is 35.0 Å². The average molecular weight is 325 g/mol. The summed E-state index contributed by atoms with van der Waals surface area (Å²) in [5, 5.41) is 6.06. The summed E-state index contributed by atoms with van der Waals surface area (Å²) in [6, 6.07) is 7.68. The molecule has 0 unspecified atom stereocenters. The molecule has 0 saturated carbocycles. The van der Waals surface area contributed by atoms with Crippen LogP contribution in [0.4, 0.5) is 0 Å². The summed E-state index contributed by atoms with van der Waals surface area (Å²) in [7, 11) is 1.83. The maximum Gasteiger partial charge on any atom is 0.162 e. The topological polar surface area (TPSA) is 43.6 Å². The molecule has 0 aliphatic heterocycles. The maximum atomic E-state index is 6.15. The van der Waals surface area contributed by atoms with Crippen molar-refractivity contribution in [1.29, 1.82) is 0 Å². The predicted molar refractivity (Wildman–Crippen MR) is 82.3 cm³/mol. The third-order valence-corrected chi connectivity index (χ3v) is 4.27. The van der Waals surface area contributed by atoms with Gasteiger partial charge in [0, 0.05) is 17.0 Å². The Kier molecular flexibility index (Phi) is 3.83. The zero-order chi connectivity index (χ0) is 14.1. The van der Waals surface area contributed by atoms with Crippen LogP contribution in [-0.2, 0) is 12.8 Å². The van der Waals surface area contributed by atoms with Gasteiger partial charge in [0.2, 0.25) is 0 Å². The van der Waals surface area contributed by atoms with Crippen LogP contribution in [-0.4, -0.2) is 19.7 Å². The fraction of sp³-hybridized carbons (Fsp3) is 0.154. The Morgan fingerprint density at radius 2 is 2.10 bits per heavy atom. The number of rotatable bonds is 3. The van der Waals surface area contributed by atoms with Gasteiger partial charge < -0.3 is 0 Å². The van der Waals surface area contributed by atoms with E-state index in [4.69, 9.17) is 23.2 Å².